The summed E-state index contributed by atoms with van der Waals surface area (Å²) in [5.41, 5.74) is 1.69. The van der Waals surface area contributed by atoms with Crippen LogP contribution in [-0.2, 0) is 6.54 Å². The molecule has 0 radical (unpaired) electrons. The molecule has 1 N–H and O–H groups in total. The van der Waals surface area contributed by atoms with E-state index in [2.05, 4.69) is 14.8 Å². The Morgan fingerprint density at radius 3 is 2.45 bits per heavy atom. The molecular weight excluding hydrogens is 288 g/mol. The summed E-state index contributed by atoms with van der Waals surface area (Å²) in [6.45, 7) is 0.549. The molecule has 0 bridgehead atoms. The van der Waals surface area contributed by atoms with Crippen LogP contribution >= 0.6 is 11.6 Å². The molecule has 1 aliphatic rings. The van der Waals surface area contributed by atoms with Crippen molar-refractivity contribution in [2.75, 3.05) is 5.32 Å². The molecule has 0 aliphatic carbocycles. The van der Waals surface area contributed by atoms with E-state index < -0.39 is 6.29 Å². The summed E-state index contributed by atoms with van der Waals surface area (Å²) in [6.07, 6.45) is -3.59. The molecule has 3 rings (SSSR count). The molecule has 0 fully saturated rings. The number of rotatable bonds is 3. The first-order valence-electron chi connectivity index (χ1n) is 5.90. The van der Waals surface area contributed by atoms with Gasteiger partial charge >= 0.3 is 6.29 Å². The first-order valence-corrected chi connectivity index (χ1v) is 6.28. The van der Waals surface area contributed by atoms with Gasteiger partial charge in [-0.1, -0.05) is 23.7 Å². The Kier molecular flexibility index (Phi) is 3.14. The number of halogens is 3. The lowest BCUT2D eigenvalue weighted by atomic mass is 10.2. The minimum atomic E-state index is -3.59. The zero-order valence-corrected chi connectivity index (χ0v) is 11.0. The maximum Gasteiger partial charge on any atom is 0.586 e. The molecule has 6 heteroatoms. The van der Waals surface area contributed by atoms with Crippen molar-refractivity contribution in [3.8, 4) is 11.5 Å². The second-order valence-electron chi connectivity index (χ2n) is 4.31. The largest absolute Gasteiger partial charge is 0.586 e. The average Bonchev–Trinajstić information content (AvgIpc) is 2.71. The van der Waals surface area contributed by atoms with Crippen LogP contribution in [0.2, 0.25) is 5.02 Å². The van der Waals surface area contributed by atoms with E-state index in [9.17, 15) is 8.78 Å². The number of alkyl halides is 2. The standard InChI is InChI=1S/C14H10ClF2NO2/c15-10-3-1-9(2-4-10)8-18-11-5-6-12-13(7-11)20-14(16,17)19-12/h1-7,18H,8H2. The fourth-order valence-corrected chi connectivity index (χ4v) is 1.99. The van der Waals surface area contributed by atoms with Crippen LogP contribution in [0.1, 0.15) is 5.56 Å². The predicted molar refractivity (Wildman–Crippen MR) is 71.4 cm³/mol. The van der Waals surface area contributed by atoms with Crippen molar-refractivity contribution in [3.63, 3.8) is 0 Å². The van der Waals surface area contributed by atoms with Gasteiger partial charge in [-0.2, -0.15) is 0 Å². The fraction of sp³-hybridized carbons (Fsp3) is 0.143. The van der Waals surface area contributed by atoms with Crippen molar-refractivity contribution >= 4 is 17.3 Å². The van der Waals surface area contributed by atoms with Crippen LogP contribution < -0.4 is 14.8 Å². The minimum absolute atomic E-state index is 0.0242. The van der Waals surface area contributed by atoms with Crippen molar-refractivity contribution in [3.05, 3.63) is 53.1 Å². The number of fused-ring (bicyclic) bond motifs is 1. The molecule has 0 atom stereocenters. The Morgan fingerprint density at radius 1 is 1.00 bits per heavy atom. The van der Waals surface area contributed by atoms with Crippen LogP contribution in [-0.4, -0.2) is 6.29 Å². The second-order valence-corrected chi connectivity index (χ2v) is 4.75. The number of nitrogens with one attached hydrogen (secondary N) is 1. The Morgan fingerprint density at radius 2 is 1.70 bits per heavy atom. The second kappa shape index (κ2) is 4.83. The number of benzene rings is 2. The quantitative estimate of drug-likeness (QED) is 0.917. The maximum absolute atomic E-state index is 12.9. The van der Waals surface area contributed by atoms with Crippen molar-refractivity contribution in [1.82, 2.24) is 0 Å². The summed E-state index contributed by atoms with van der Waals surface area (Å²) in [7, 11) is 0. The van der Waals surface area contributed by atoms with E-state index in [4.69, 9.17) is 11.6 Å². The van der Waals surface area contributed by atoms with Gasteiger partial charge in [0.15, 0.2) is 11.5 Å². The Bertz CT molecular complexity index is 632. The van der Waals surface area contributed by atoms with Crippen molar-refractivity contribution in [1.29, 1.82) is 0 Å². The molecule has 0 spiro atoms. The summed E-state index contributed by atoms with van der Waals surface area (Å²) >= 11 is 5.80. The smallest absolute Gasteiger partial charge is 0.395 e. The minimum Gasteiger partial charge on any atom is -0.395 e. The zero-order chi connectivity index (χ0) is 14.2. The van der Waals surface area contributed by atoms with E-state index in [1.165, 1.54) is 12.1 Å². The van der Waals surface area contributed by atoms with Gasteiger partial charge in [0, 0.05) is 23.3 Å². The van der Waals surface area contributed by atoms with E-state index in [-0.39, 0.29) is 11.5 Å². The topological polar surface area (TPSA) is 30.5 Å². The first kappa shape index (κ1) is 13.0. The highest BCUT2D eigenvalue weighted by Crippen LogP contribution is 2.42. The summed E-state index contributed by atoms with van der Waals surface area (Å²) in [5, 5.41) is 3.78. The molecule has 104 valence electrons. The van der Waals surface area contributed by atoms with Gasteiger partial charge < -0.3 is 14.8 Å². The monoisotopic (exact) mass is 297 g/mol. The van der Waals surface area contributed by atoms with Crippen molar-refractivity contribution < 1.29 is 18.3 Å². The molecule has 20 heavy (non-hydrogen) atoms. The average molecular weight is 298 g/mol. The maximum atomic E-state index is 12.9. The summed E-state index contributed by atoms with van der Waals surface area (Å²) < 4.78 is 34.5. The third-order valence-corrected chi connectivity index (χ3v) is 3.06. The fourth-order valence-electron chi connectivity index (χ4n) is 1.87. The molecule has 2 aromatic carbocycles. The molecule has 0 aromatic heterocycles. The molecule has 1 heterocycles. The molecule has 0 saturated heterocycles. The van der Waals surface area contributed by atoms with E-state index in [0.717, 1.165) is 5.56 Å². The van der Waals surface area contributed by atoms with Gasteiger partial charge in [0.2, 0.25) is 0 Å². The van der Waals surface area contributed by atoms with Crippen LogP contribution in [0.4, 0.5) is 14.5 Å². The molecule has 0 unspecified atom stereocenters. The summed E-state index contributed by atoms with van der Waals surface area (Å²) in [5.74, 6) is 0.0585. The third kappa shape index (κ3) is 2.77. The van der Waals surface area contributed by atoms with Crippen LogP contribution in [0.25, 0.3) is 0 Å². The predicted octanol–water partition coefficient (Wildman–Crippen LogP) is 4.27. The lowest BCUT2D eigenvalue weighted by Crippen LogP contribution is -2.25. The van der Waals surface area contributed by atoms with Crippen molar-refractivity contribution in [2.45, 2.75) is 12.8 Å². The van der Waals surface area contributed by atoms with Gasteiger partial charge in [0.05, 0.1) is 0 Å². The Balaban J connectivity index is 1.69. The molecule has 2 aromatic rings. The zero-order valence-electron chi connectivity index (χ0n) is 10.2. The number of ether oxygens (including phenoxy) is 2. The van der Waals surface area contributed by atoms with E-state index in [1.807, 2.05) is 12.1 Å². The molecule has 1 aliphatic heterocycles. The number of anilines is 1. The van der Waals surface area contributed by atoms with E-state index in [1.54, 1.807) is 18.2 Å². The van der Waals surface area contributed by atoms with Gasteiger partial charge in [-0.25, -0.2) is 0 Å². The number of hydrogen-bond acceptors (Lipinski definition) is 3. The molecule has 3 nitrogen and oxygen atoms in total. The highest BCUT2D eigenvalue weighted by molar-refractivity contribution is 6.30. The summed E-state index contributed by atoms with van der Waals surface area (Å²) in [4.78, 5) is 0. The Labute approximate surface area is 119 Å². The van der Waals surface area contributed by atoms with Gasteiger partial charge in [0.25, 0.3) is 0 Å². The van der Waals surface area contributed by atoms with Crippen LogP contribution in [0.15, 0.2) is 42.5 Å². The van der Waals surface area contributed by atoms with Gasteiger partial charge in [-0.05, 0) is 29.8 Å². The number of hydrogen-bond donors (Lipinski definition) is 1. The highest BCUT2D eigenvalue weighted by Gasteiger charge is 2.43. The normalized spacial score (nSPS) is 15.2. The lowest BCUT2D eigenvalue weighted by molar-refractivity contribution is -0.286. The van der Waals surface area contributed by atoms with Gasteiger partial charge in [0.1, 0.15) is 0 Å². The van der Waals surface area contributed by atoms with Crippen LogP contribution in [0.3, 0.4) is 0 Å². The molecular formula is C14H10ClF2NO2. The van der Waals surface area contributed by atoms with Gasteiger partial charge in [-0.15, -0.1) is 8.78 Å². The van der Waals surface area contributed by atoms with Gasteiger partial charge in [-0.3, -0.25) is 0 Å². The molecule has 0 amide bonds. The Hall–Kier alpha value is -2.01. The lowest BCUT2D eigenvalue weighted by Gasteiger charge is -2.07. The van der Waals surface area contributed by atoms with Crippen LogP contribution in [0, 0.1) is 0 Å². The van der Waals surface area contributed by atoms with Crippen LogP contribution in [0.5, 0.6) is 11.5 Å². The highest BCUT2D eigenvalue weighted by atomic mass is 35.5. The van der Waals surface area contributed by atoms with E-state index in [0.29, 0.717) is 17.3 Å². The summed E-state index contributed by atoms with van der Waals surface area (Å²) in [6, 6.07) is 11.9. The first-order chi connectivity index (χ1) is 9.52. The SMILES string of the molecule is FC1(F)Oc2ccc(NCc3ccc(Cl)cc3)cc2O1. The third-order valence-electron chi connectivity index (χ3n) is 2.81. The molecule has 0 saturated carbocycles. The van der Waals surface area contributed by atoms with Crippen molar-refractivity contribution in [2.24, 2.45) is 0 Å². The van der Waals surface area contributed by atoms with E-state index >= 15 is 0 Å².